The zero-order chi connectivity index (χ0) is 19.6. The molecule has 2 aromatic rings. The number of aliphatic carboxylic acids is 1. The van der Waals surface area contributed by atoms with E-state index in [0.29, 0.717) is 25.0 Å². The van der Waals surface area contributed by atoms with E-state index in [1.165, 1.54) is 23.0 Å². The van der Waals surface area contributed by atoms with Crippen LogP contribution in [0, 0.1) is 12.3 Å². The zero-order valence-electron chi connectivity index (χ0n) is 14.3. The third kappa shape index (κ3) is 2.60. The molecular weight excluding hydrogens is 363 g/mol. The predicted octanol–water partition coefficient (Wildman–Crippen LogP) is 2.94. The van der Waals surface area contributed by atoms with Crippen molar-refractivity contribution in [2.24, 2.45) is 5.41 Å². The number of amides is 1. The number of nitrogens with one attached hydrogen (secondary N) is 1. The Balaban J connectivity index is 1.53. The van der Waals surface area contributed by atoms with Crippen LogP contribution < -0.4 is 5.32 Å². The van der Waals surface area contributed by atoms with Gasteiger partial charge in [-0.25, -0.2) is 4.68 Å². The molecule has 9 heteroatoms. The molecule has 2 bridgehead atoms. The fourth-order valence-electron chi connectivity index (χ4n) is 4.16. The number of carboxylic acids is 1. The lowest BCUT2D eigenvalue weighted by molar-refractivity contribution is -0.196. The molecule has 3 aliphatic rings. The molecule has 0 radical (unpaired) electrons. The third-order valence-electron chi connectivity index (χ3n) is 5.54. The molecule has 0 atom stereocenters. The fourth-order valence-corrected chi connectivity index (χ4v) is 4.16. The van der Waals surface area contributed by atoms with Crippen LogP contribution in [-0.4, -0.2) is 32.3 Å². The van der Waals surface area contributed by atoms with Crippen molar-refractivity contribution in [3.05, 3.63) is 47.3 Å². The molecule has 0 spiro atoms. The highest BCUT2D eigenvalue weighted by Gasteiger charge is 2.72. The van der Waals surface area contributed by atoms with Crippen molar-refractivity contribution in [1.29, 1.82) is 0 Å². The first kappa shape index (κ1) is 17.6. The second kappa shape index (κ2) is 5.34. The molecule has 5 rings (SSSR count). The Morgan fingerprint density at radius 2 is 1.93 bits per heavy atom. The molecule has 0 unspecified atom stereocenters. The Morgan fingerprint density at radius 1 is 1.26 bits per heavy atom. The lowest BCUT2D eigenvalue weighted by atomic mass is 9.39. The summed E-state index contributed by atoms with van der Waals surface area (Å²) in [5, 5.41) is 16.1. The number of carbonyl (C=O) groups excluding carboxylic acids is 1. The number of benzene rings is 1. The molecule has 0 aliphatic heterocycles. The van der Waals surface area contributed by atoms with Crippen molar-refractivity contribution in [2.45, 2.75) is 37.9 Å². The monoisotopic (exact) mass is 379 g/mol. The summed E-state index contributed by atoms with van der Waals surface area (Å²) in [5.41, 5.74) is -1.12. The van der Waals surface area contributed by atoms with Gasteiger partial charge in [0.2, 0.25) is 0 Å². The number of nitrogens with zero attached hydrogens (tertiary/aromatic N) is 2. The van der Waals surface area contributed by atoms with E-state index in [9.17, 15) is 22.8 Å². The van der Waals surface area contributed by atoms with Crippen LogP contribution in [0.5, 0.6) is 0 Å². The second-order valence-corrected chi connectivity index (χ2v) is 7.45. The lowest BCUT2D eigenvalue weighted by Gasteiger charge is -2.67. The zero-order valence-corrected chi connectivity index (χ0v) is 14.3. The molecule has 1 aromatic carbocycles. The number of halogens is 3. The Bertz CT molecular complexity index is 944. The number of hydrogen-bond acceptors (Lipinski definition) is 3. The van der Waals surface area contributed by atoms with Crippen LogP contribution >= 0.6 is 0 Å². The number of aromatic nitrogens is 2. The van der Waals surface area contributed by atoms with Crippen LogP contribution in [-0.2, 0) is 11.0 Å². The summed E-state index contributed by atoms with van der Waals surface area (Å²) in [6.45, 7) is 1.60. The molecule has 3 saturated carbocycles. The molecule has 27 heavy (non-hydrogen) atoms. The van der Waals surface area contributed by atoms with Gasteiger partial charge in [0.25, 0.3) is 5.91 Å². The molecule has 1 heterocycles. The average Bonchev–Trinajstić information content (AvgIpc) is 2.90. The standard InChI is InChI=1S/C18H16F3N3O3/c1-10-13(14(25)23-17-7-16(8-17,9-17)15(26)27)6-22-24(10)12-4-2-3-11(5-12)18(19,20)21/h2-6H,7-9H2,1H3,(H,23,25)(H,26,27). The van der Waals surface area contributed by atoms with E-state index in [-0.39, 0.29) is 11.3 Å². The molecule has 1 aromatic heterocycles. The van der Waals surface area contributed by atoms with Crippen LogP contribution in [0.1, 0.15) is 40.9 Å². The largest absolute Gasteiger partial charge is 0.481 e. The first-order chi connectivity index (χ1) is 12.6. The normalized spacial score (nSPS) is 26.1. The van der Waals surface area contributed by atoms with Gasteiger partial charge >= 0.3 is 12.1 Å². The summed E-state index contributed by atoms with van der Waals surface area (Å²) >= 11 is 0. The van der Waals surface area contributed by atoms with Crippen LogP contribution in [0.25, 0.3) is 5.69 Å². The van der Waals surface area contributed by atoms with Crippen LogP contribution in [0.3, 0.4) is 0 Å². The van der Waals surface area contributed by atoms with Gasteiger partial charge < -0.3 is 10.4 Å². The van der Waals surface area contributed by atoms with Crippen LogP contribution in [0.15, 0.2) is 30.5 Å². The van der Waals surface area contributed by atoms with Crippen molar-refractivity contribution in [3.8, 4) is 5.69 Å². The van der Waals surface area contributed by atoms with Gasteiger partial charge in [0.1, 0.15) is 0 Å². The lowest BCUT2D eigenvalue weighted by Crippen LogP contribution is -2.77. The highest BCUT2D eigenvalue weighted by molar-refractivity contribution is 5.96. The summed E-state index contributed by atoms with van der Waals surface area (Å²) in [5.74, 6) is -1.24. The van der Waals surface area contributed by atoms with Crippen molar-refractivity contribution in [2.75, 3.05) is 0 Å². The first-order valence-corrected chi connectivity index (χ1v) is 8.34. The van der Waals surface area contributed by atoms with Crippen molar-refractivity contribution < 1.29 is 27.9 Å². The number of carbonyl (C=O) groups is 2. The Kier molecular flexibility index (Phi) is 3.47. The summed E-state index contributed by atoms with van der Waals surface area (Å²) in [7, 11) is 0. The maximum atomic E-state index is 12.9. The van der Waals surface area contributed by atoms with Gasteiger partial charge in [0.15, 0.2) is 0 Å². The van der Waals surface area contributed by atoms with Crippen molar-refractivity contribution >= 4 is 11.9 Å². The van der Waals surface area contributed by atoms with E-state index in [1.54, 1.807) is 6.92 Å². The molecule has 142 valence electrons. The Morgan fingerprint density at radius 3 is 2.52 bits per heavy atom. The second-order valence-electron chi connectivity index (χ2n) is 7.45. The van der Waals surface area contributed by atoms with E-state index in [4.69, 9.17) is 5.11 Å². The maximum absolute atomic E-state index is 12.9. The van der Waals surface area contributed by atoms with Crippen molar-refractivity contribution in [3.63, 3.8) is 0 Å². The van der Waals surface area contributed by atoms with E-state index in [1.807, 2.05) is 0 Å². The number of rotatable bonds is 4. The molecule has 3 fully saturated rings. The molecule has 0 saturated heterocycles. The molecular formula is C18H16F3N3O3. The van der Waals surface area contributed by atoms with Crippen LogP contribution in [0.4, 0.5) is 13.2 Å². The average molecular weight is 379 g/mol. The van der Waals surface area contributed by atoms with Crippen molar-refractivity contribution in [1.82, 2.24) is 15.1 Å². The number of alkyl halides is 3. The van der Waals surface area contributed by atoms with E-state index >= 15 is 0 Å². The predicted molar refractivity (Wildman–Crippen MR) is 87.4 cm³/mol. The number of carboxylic acid groups (broad SMARTS) is 1. The maximum Gasteiger partial charge on any atom is 0.416 e. The van der Waals surface area contributed by atoms with Crippen LogP contribution in [0.2, 0.25) is 0 Å². The Hall–Kier alpha value is -2.84. The van der Waals surface area contributed by atoms with Gasteiger partial charge in [-0.3, -0.25) is 9.59 Å². The van der Waals surface area contributed by atoms with Gasteiger partial charge in [-0.2, -0.15) is 18.3 Å². The summed E-state index contributed by atoms with van der Waals surface area (Å²) in [6, 6.07) is 4.71. The van der Waals surface area contributed by atoms with Gasteiger partial charge in [-0.05, 0) is 44.4 Å². The van der Waals surface area contributed by atoms with Gasteiger partial charge in [0, 0.05) is 5.54 Å². The smallest absolute Gasteiger partial charge is 0.416 e. The summed E-state index contributed by atoms with van der Waals surface area (Å²) in [6.07, 6.45) is -1.95. The molecule has 3 aliphatic carbocycles. The van der Waals surface area contributed by atoms with Gasteiger partial charge in [-0.15, -0.1) is 0 Å². The highest BCUT2D eigenvalue weighted by Crippen LogP contribution is 2.67. The molecule has 6 nitrogen and oxygen atoms in total. The van der Waals surface area contributed by atoms with Gasteiger partial charge in [-0.1, -0.05) is 6.07 Å². The summed E-state index contributed by atoms with van der Waals surface area (Å²) < 4.78 is 40.0. The SMILES string of the molecule is Cc1c(C(=O)NC23CC(C(=O)O)(C2)C3)cnn1-c1cccc(C(F)(F)F)c1. The minimum absolute atomic E-state index is 0.205. The highest BCUT2D eigenvalue weighted by atomic mass is 19.4. The minimum Gasteiger partial charge on any atom is -0.481 e. The Labute approximate surface area is 152 Å². The quantitative estimate of drug-likeness (QED) is 0.856. The minimum atomic E-state index is -4.47. The van der Waals surface area contributed by atoms with Gasteiger partial charge in [0.05, 0.1) is 34.1 Å². The topological polar surface area (TPSA) is 84.2 Å². The number of hydrogen-bond donors (Lipinski definition) is 2. The molecule has 1 amide bonds. The van der Waals surface area contributed by atoms with E-state index < -0.39 is 34.6 Å². The summed E-state index contributed by atoms with van der Waals surface area (Å²) in [4.78, 5) is 23.7. The molecule has 2 N–H and O–H groups in total. The van der Waals surface area contributed by atoms with E-state index in [2.05, 4.69) is 10.4 Å². The van der Waals surface area contributed by atoms with E-state index in [0.717, 1.165) is 12.1 Å². The third-order valence-corrected chi connectivity index (χ3v) is 5.54. The first-order valence-electron chi connectivity index (χ1n) is 8.34. The fraction of sp³-hybridized carbons (Fsp3) is 0.389.